The van der Waals surface area contributed by atoms with Crippen LogP contribution < -0.4 is 51.4 Å². The summed E-state index contributed by atoms with van der Waals surface area (Å²) in [5, 5.41) is 15.4. The van der Waals surface area contributed by atoms with Gasteiger partial charge < -0.3 is 16.6 Å². The van der Waals surface area contributed by atoms with E-state index >= 15 is 0 Å². The van der Waals surface area contributed by atoms with Gasteiger partial charge in [-0.05, 0) is 0 Å². The number of hydrogen-bond acceptors (Lipinski definition) is 2. The van der Waals surface area contributed by atoms with Crippen molar-refractivity contribution in [1.82, 2.24) is 0 Å². The van der Waals surface area contributed by atoms with Crippen molar-refractivity contribution in [1.29, 1.82) is 0 Å². The predicted molar refractivity (Wildman–Crippen MR) is 56.4 cm³/mol. The zero-order valence-corrected chi connectivity index (χ0v) is 13.2. The fourth-order valence-electron chi connectivity index (χ4n) is 1.60. The Balaban J connectivity index is 0. The molecule has 0 unspecified atom stereocenters. The van der Waals surface area contributed by atoms with E-state index in [-0.39, 0.29) is 51.4 Å². The van der Waals surface area contributed by atoms with Crippen molar-refractivity contribution < 1.29 is 71.2 Å². The van der Waals surface area contributed by atoms with Gasteiger partial charge in [0.05, 0.1) is 0 Å². The van der Waals surface area contributed by atoms with Crippen LogP contribution in [0.3, 0.4) is 0 Å². The fraction of sp³-hybridized carbons (Fsp3) is 0.727. The molecular formula is C11H19KO4. The molecule has 0 saturated heterocycles. The van der Waals surface area contributed by atoms with E-state index in [9.17, 15) is 9.59 Å². The van der Waals surface area contributed by atoms with E-state index in [0.717, 1.165) is 5.92 Å². The molecule has 0 radical (unpaired) electrons. The molecule has 1 aliphatic carbocycles. The predicted octanol–water partition coefficient (Wildman–Crippen LogP) is -0.659. The van der Waals surface area contributed by atoms with Crippen LogP contribution in [-0.2, 0) is 9.59 Å². The van der Waals surface area contributed by atoms with Crippen LogP contribution in [0.1, 0.15) is 45.4 Å². The van der Waals surface area contributed by atoms with Crippen LogP contribution in [-0.4, -0.2) is 22.2 Å². The number of carbonyl (C=O) groups is 2. The van der Waals surface area contributed by atoms with Gasteiger partial charge in [-0.2, -0.15) is 12.8 Å². The third-order valence-electron chi connectivity index (χ3n) is 2.42. The van der Waals surface area contributed by atoms with Crippen LogP contribution in [0.5, 0.6) is 0 Å². The van der Waals surface area contributed by atoms with Crippen molar-refractivity contribution in [2.45, 2.75) is 45.4 Å². The molecule has 0 heterocycles. The molecule has 88 valence electrons. The molecule has 16 heavy (non-hydrogen) atoms. The monoisotopic (exact) mass is 254 g/mol. The molecule has 1 fully saturated rings. The fourth-order valence-corrected chi connectivity index (χ4v) is 1.60. The molecular weight excluding hydrogens is 235 g/mol. The van der Waals surface area contributed by atoms with Gasteiger partial charge in [0.2, 0.25) is 0 Å². The van der Waals surface area contributed by atoms with Gasteiger partial charge in [0.15, 0.2) is 0 Å². The summed E-state index contributed by atoms with van der Waals surface area (Å²) in [5.41, 5.74) is 0. The molecule has 0 amide bonds. The minimum atomic E-state index is -1.31. The summed E-state index contributed by atoms with van der Waals surface area (Å²) in [4.78, 5) is 18.9. The second-order valence-corrected chi connectivity index (χ2v) is 3.70. The molecule has 0 aliphatic heterocycles. The molecule has 0 aromatic rings. The molecule has 4 nitrogen and oxygen atoms in total. The summed E-state index contributed by atoms with van der Waals surface area (Å²) < 4.78 is 0. The molecule has 5 heteroatoms. The molecule has 0 aromatic heterocycles. The van der Waals surface area contributed by atoms with Crippen molar-refractivity contribution >= 4 is 11.9 Å². The van der Waals surface area contributed by atoms with Crippen LogP contribution in [0.15, 0.2) is 0 Å². The van der Waals surface area contributed by atoms with E-state index in [0.29, 0.717) is 0 Å². The van der Waals surface area contributed by atoms with Gasteiger partial charge in [0.1, 0.15) is 6.42 Å². The summed E-state index contributed by atoms with van der Waals surface area (Å²) in [7, 11) is 0. The molecule has 1 saturated carbocycles. The molecule has 1 aliphatic rings. The van der Waals surface area contributed by atoms with Crippen molar-refractivity contribution in [3.63, 3.8) is 0 Å². The summed E-state index contributed by atoms with van der Waals surface area (Å²) in [5.74, 6) is -1.66. The molecule has 0 bridgehead atoms. The summed E-state index contributed by atoms with van der Waals surface area (Å²) in [6.07, 6.45) is 8.88. The first kappa shape index (κ1) is 18.9. The minimum absolute atomic E-state index is 0. The van der Waals surface area contributed by atoms with E-state index in [1.54, 1.807) is 0 Å². The Morgan fingerprint density at radius 3 is 1.75 bits per heavy atom. The molecule has 1 rings (SSSR count). The van der Waals surface area contributed by atoms with Crippen LogP contribution in [0.2, 0.25) is 0 Å². The smallest absolute Gasteiger partial charge is 0.481 e. The average Bonchev–Trinajstić information content (AvgIpc) is 2.18. The molecule has 2 N–H and O–H groups in total. The topological polar surface area (TPSA) is 74.6 Å². The maximum Gasteiger partial charge on any atom is 1.00 e. The van der Waals surface area contributed by atoms with Gasteiger partial charge >= 0.3 is 63.3 Å². The minimum Gasteiger partial charge on any atom is -0.481 e. The Hall–Kier alpha value is 0.576. The maximum absolute atomic E-state index is 9.43. The first-order valence-corrected chi connectivity index (χ1v) is 5.29. The third-order valence-corrected chi connectivity index (χ3v) is 2.42. The Morgan fingerprint density at radius 1 is 1.12 bits per heavy atom. The zero-order valence-electron chi connectivity index (χ0n) is 10.1. The van der Waals surface area contributed by atoms with E-state index in [2.05, 4.69) is 13.3 Å². The Bertz CT molecular complexity index is 188. The molecule has 0 aromatic carbocycles. The van der Waals surface area contributed by atoms with Crippen LogP contribution >= 0.6 is 0 Å². The van der Waals surface area contributed by atoms with Crippen molar-refractivity contribution in [2.75, 3.05) is 0 Å². The summed E-state index contributed by atoms with van der Waals surface area (Å²) >= 11 is 0. The SMILES string of the molecule is C[CH-]C1CCCCC1.O=C(O)CC(=O)O.[K+]. The summed E-state index contributed by atoms with van der Waals surface area (Å²) in [6.45, 7) is 2.19. The third kappa shape index (κ3) is 12.6. The number of carboxylic acids is 2. The van der Waals surface area contributed by atoms with Crippen LogP contribution in [0, 0.1) is 12.3 Å². The van der Waals surface area contributed by atoms with Gasteiger partial charge in [0, 0.05) is 0 Å². The average molecular weight is 254 g/mol. The quantitative estimate of drug-likeness (QED) is 0.398. The Labute approximate surface area is 139 Å². The molecule has 0 atom stereocenters. The second kappa shape index (κ2) is 12.0. The first-order chi connectivity index (χ1) is 7.06. The van der Waals surface area contributed by atoms with Gasteiger partial charge in [-0.25, -0.2) is 0 Å². The Morgan fingerprint density at radius 2 is 1.56 bits per heavy atom. The van der Waals surface area contributed by atoms with Crippen molar-refractivity contribution in [3.8, 4) is 0 Å². The maximum atomic E-state index is 9.43. The van der Waals surface area contributed by atoms with Crippen LogP contribution in [0.25, 0.3) is 0 Å². The van der Waals surface area contributed by atoms with E-state index in [1.807, 2.05) is 0 Å². The number of carboxylic acid groups (broad SMARTS) is 2. The molecule has 0 spiro atoms. The largest absolute Gasteiger partial charge is 1.00 e. The Kier molecular flexibility index (Phi) is 14.2. The van der Waals surface area contributed by atoms with Crippen LogP contribution in [0.4, 0.5) is 0 Å². The standard InChI is InChI=1S/C8H15.C3H4O4.K/c1-2-8-6-4-3-5-7-8;4-2(5)1-3(6)7;/h2,8H,3-7H2,1H3;1H2,(H,4,5)(H,6,7);/q-1;;+1. The van der Waals surface area contributed by atoms with Gasteiger partial charge in [0.25, 0.3) is 0 Å². The van der Waals surface area contributed by atoms with E-state index in [4.69, 9.17) is 10.2 Å². The van der Waals surface area contributed by atoms with Gasteiger partial charge in [-0.1, -0.05) is 32.1 Å². The van der Waals surface area contributed by atoms with E-state index in [1.165, 1.54) is 32.1 Å². The zero-order chi connectivity index (χ0) is 11.7. The summed E-state index contributed by atoms with van der Waals surface area (Å²) in [6, 6.07) is 0. The number of hydrogen-bond donors (Lipinski definition) is 2. The van der Waals surface area contributed by atoms with Gasteiger partial charge in [-0.3, -0.25) is 9.59 Å². The van der Waals surface area contributed by atoms with Crippen molar-refractivity contribution in [3.05, 3.63) is 6.42 Å². The number of aliphatic carboxylic acids is 2. The number of rotatable bonds is 3. The first-order valence-electron chi connectivity index (χ1n) is 5.29. The normalized spacial score (nSPS) is 15.3. The second-order valence-electron chi connectivity index (χ2n) is 3.70. The van der Waals surface area contributed by atoms with E-state index < -0.39 is 18.4 Å². The van der Waals surface area contributed by atoms with Crippen molar-refractivity contribution in [2.24, 2.45) is 5.92 Å². The van der Waals surface area contributed by atoms with Gasteiger partial charge in [-0.15, -0.1) is 0 Å².